The maximum absolute atomic E-state index is 10.3. The number of carbonyl (C=O) groups excluding carboxylic acids is 1. The molecule has 10 heavy (non-hydrogen) atoms. The van der Waals surface area contributed by atoms with E-state index in [9.17, 15) is 9.59 Å². The van der Waals surface area contributed by atoms with E-state index in [0.717, 1.165) is 0 Å². The summed E-state index contributed by atoms with van der Waals surface area (Å²) >= 11 is 4.47. The van der Waals surface area contributed by atoms with Crippen molar-refractivity contribution in [3.8, 4) is 0 Å². The van der Waals surface area contributed by atoms with Crippen LogP contribution in [-0.2, 0) is 9.59 Å². The molecule has 1 amide bonds. The summed E-state index contributed by atoms with van der Waals surface area (Å²) < 4.78 is 0. The molecule has 0 heterocycles. The van der Waals surface area contributed by atoms with Crippen molar-refractivity contribution in [2.45, 2.75) is 13.0 Å². The van der Waals surface area contributed by atoms with Crippen molar-refractivity contribution in [3.63, 3.8) is 0 Å². The topological polar surface area (TPSA) is 66.4 Å². The van der Waals surface area contributed by atoms with Crippen molar-refractivity contribution < 1.29 is 14.7 Å². The average Bonchev–Trinajstić information content (AvgIpc) is 1.81. The maximum atomic E-state index is 10.3. The molecule has 1 atom stereocenters. The van der Waals surface area contributed by atoms with Crippen LogP contribution in [0.15, 0.2) is 0 Å². The third-order valence-corrected chi connectivity index (χ3v) is 1.18. The van der Waals surface area contributed by atoms with Crippen molar-refractivity contribution in [2.24, 2.45) is 0 Å². The molecule has 0 fully saturated rings. The molecule has 0 aliphatic carbocycles. The summed E-state index contributed by atoms with van der Waals surface area (Å²) in [5, 5.41) is 10.5. The van der Waals surface area contributed by atoms with Crippen LogP contribution in [0.5, 0.6) is 0 Å². The van der Waals surface area contributed by atoms with Crippen LogP contribution in [-0.4, -0.2) is 28.8 Å². The van der Waals surface area contributed by atoms with Gasteiger partial charge in [0.05, 0.1) is 0 Å². The van der Waals surface area contributed by atoms with Gasteiger partial charge < -0.3 is 10.4 Å². The van der Waals surface area contributed by atoms with E-state index >= 15 is 0 Å². The zero-order chi connectivity index (χ0) is 8.15. The molecule has 0 bridgehead atoms. The first-order valence-electron chi connectivity index (χ1n) is 2.66. The molecule has 0 aromatic heterocycles. The average molecular weight is 162 g/mol. The zero-order valence-corrected chi connectivity index (χ0v) is 6.27. The van der Waals surface area contributed by atoms with Gasteiger partial charge in [-0.15, -0.1) is 0 Å². The predicted octanol–water partition coefficient (Wildman–Crippen LogP) is -0.227. The highest BCUT2D eigenvalue weighted by molar-refractivity contribution is 7.80. The van der Waals surface area contributed by atoms with Crippen LogP contribution < -0.4 is 5.32 Å². The molecular weight excluding hydrogens is 154 g/mol. The Balaban J connectivity index is 3.83. The van der Waals surface area contributed by atoms with Crippen molar-refractivity contribution in [2.75, 3.05) is 5.75 Å². The lowest BCUT2D eigenvalue weighted by Crippen LogP contribution is -2.40. The fourth-order valence-electron chi connectivity index (χ4n) is 0.420. The number of aliphatic carboxylic acids is 1. The Bertz CT molecular complexity index is 148. The number of carbonyl (C=O) groups is 2. The van der Waals surface area contributed by atoms with Crippen LogP contribution in [0.3, 0.4) is 0 Å². The summed E-state index contributed by atoms with van der Waals surface area (Å²) in [5.74, 6) is -1.47. The molecule has 2 N–H and O–H groups in total. The molecule has 57 valence electrons. The lowest BCUT2D eigenvalue weighted by molar-refractivity contribution is -0.140. The minimum atomic E-state index is -1.09. The van der Waals surface area contributed by atoms with Gasteiger partial charge in [-0.3, -0.25) is 4.79 Å². The molecule has 0 aliphatic rings. The molecule has 0 aromatic carbocycles. The minimum Gasteiger partial charge on any atom is -0.480 e. The van der Waals surface area contributed by atoms with Crippen LogP contribution in [0.2, 0.25) is 0 Å². The molecule has 0 rings (SSSR count). The van der Waals surface area contributed by atoms with Gasteiger partial charge in [0.25, 0.3) is 0 Å². The largest absolute Gasteiger partial charge is 0.480 e. The fourth-order valence-corrected chi connectivity index (χ4v) is 0.646. The van der Waals surface area contributed by atoms with Crippen LogP contribution in [0.25, 0.3) is 0 Å². The molecule has 0 saturated heterocycles. The van der Waals surface area contributed by atoms with E-state index < -0.39 is 12.0 Å². The van der Waals surface area contributed by atoms with E-state index in [4.69, 9.17) is 5.11 Å². The minimum absolute atomic E-state index is 0.00505. The first-order valence-corrected chi connectivity index (χ1v) is 3.23. The van der Waals surface area contributed by atoms with Gasteiger partial charge in [-0.2, -0.15) is 0 Å². The fraction of sp³-hybridized carbons (Fsp3) is 0.600. The molecule has 0 aromatic rings. The van der Waals surface area contributed by atoms with Crippen molar-refractivity contribution in [1.29, 1.82) is 0 Å². The standard InChI is InChI=1S/C5H8NO3S/c1-3(7)6-4(2-10)5(8)9/h4H,2H2,1H3,(H,6,7)(H,8,9)/t4-/m0/s1. The van der Waals surface area contributed by atoms with E-state index in [1.807, 2.05) is 0 Å². The Morgan fingerprint density at radius 1 is 1.70 bits per heavy atom. The Hall–Kier alpha value is -0.710. The van der Waals surface area contributed by atoms with Gasteiger partial charge in [0.2, 0.25) is 5.91 Å². The molecule has 0 saturated carbocycles. The summed E-state index contributed by atoms with van der Waals surface area (Å²) in [6.07, 6.45) is 0. The SMILES string of the molecule is CC(=O)N[C@@H](C[S])C(=O)O. The van der Waals surface area contributed by atoms with Gasteiger partial charge in [-0.1, -0.05) is 12.6 Å². The van der Waals surface area contributed by atoms with Gasteiger partial charge in [0.15, 0.2) is 0 Å². The van der Waals surface area contributed by atoms with Crippen molar-refractivity contribution >= 4 is 24.5 Å². The summed E-state index contributed by atoms with van der Waals surface area (Å²) in [4.78, 5) is 20.5. The summed E-state index contributed by atoms with van der Waals surface area (Å²) in [5.41, 5.74) is 0. The number of hydrogen-bond acceptors (Lipinski definition) is 2. The second-order valence-electron chi connectivity index (χ2n) is 1.76. The number of carboxylic acids is 1. The van der Waals surface area contributed by atoms with Crippen LogP contribution in [0.1, 0.15) is 6.92 Å². The predicted molar refractivity (Wildman–Crippen MR) is 37.7 cm³/mol. The molecule has 0 unspecified atom stereocenters. The first kappa shape index (κ1) is 9.29. The summed E-state index contributed by atoms with van der Waals surface area (Å²) in [7, 11) is 0. The maximum Gasteiger partial charge on any atom is 0.327 e. The summed E-state index contributed by atoms with van der Waals surface area (Å²) in [6.45, 7) is 1.25. The molecule has 5 heteroatoms. The Kier molecular flexibility index (Phi) is 3.87. The van der Waals surface area contributed by atoms with Gasteiger partial charge >= 0.3 is 5.97 Å². The smallest absolute Gasteiger partial charge is 0.327 e. The second-order valence-corrected chi connectivity index (χ2v) is 2.09. The third-order valence-electron chi connectivity index (χ3n) is 0.842. The number of carboxylic acid groups (broad SMARTS) is 1. The third kappa shape index (κ3) is 3.34. The zero-order valence-electron chi connectivity index (χ0n) is 5.46. The van der Waals surface area contributed by atoms with Gasteiger partial charge in [0, 0.05) is 12.7 Å². The van der Waals surface area contributed by atoms with Crippen LogP contribution >= 0.6 is 12.6 Å². The van der Waals surface area contributed by atoms with E-state index in [-0.39, 0.29) is 11.7 Å². The first-order chi connectivity index (χ1) is 4.57. The van der Waals surface area contributed by atoms with Crippen LogP contribution in [0.4, 0.5) is 0 Å². The number of rotatable bonds is 3. The van der Waals surface area contributed by atoms with Crippen molar-refractivity contribution in [3.05, 3.63) is 0 Å². The molecule has 0 aliphatic heterocycles. The van der Waals surface area contributed by atoms with E-state index in [1.54, 1.807) is 0 Å². The normalized spacial score (nSPS) is 12.2. The van der Waals surface area contributed by atoms with Crippen LogP contribution in [0, 0.1) is 0 Å². The molecule has 4 nitrogen and oxygen atoms in total. The summed E-state index contributed by atoms with van der Waals surface area (Å²) in [6, 6.07) is -0.924. The highest BCUT2D eigenvalue weighted by Gasteiger charge is 2.15. The Labute approximate surface area is 64.0 Å². The number of amides is 1. The Morgan fingerprint density at radius 3 is 2.30 bits per heavy atom. The quantitative estimate of drug-likeness (QED) is 0.602. The lowest BCUT2D eigenvalue weighted by Gasteiger charge is -2.07. The second kappa shape index (κ2) is 4.16. The molecular formula is C5H8NO3S. The van der Waals surface area contributed by atoms with E-state index in [0.29, 0.717) is 0 Å². The highest BCUT2D eigenvalue weighted by Crippen LogP contribution is 1.86. The molecule has 0 spiro atoms. The Morgan fingerprint density at radius 2 is 2.20 bits per heavy atom. The number of hydrogen-bond donors (Lipinski definition) is 2. The van der Waals surface area contributed by atoms with Crippen molar-refractivity contribution in [1.82, 2.24) is 5.32 Å². The lowest BCUT2D eigenvalue weighted by atomic mass is 10.3. The number of nitrogens with one attached hydrogen (secondary N) is 1. The van der Waals surface area contributed by atoms with E-state index in [2.05, 4.69) is 17.9 Å². The monoisotopic (exact) mass is 162 g/mol. The van der Waals surface area contributed by atoms with Gasteiger partial charge in [0.1, 0.15) is 6.04 Å². The van der Waals surface area contributed by atoms with Gasteiger partial charge in [-0.25, -0.2) is 4.79 Å². The van der Waals surface area contributed by atoms with Gasteiger partial charge in [-0.05, 0) is 0 Å². The van der Waals surface area contributed by atoms with E-state index in [1.165, 1.54) is 6.92 Å². The molecule has 1 radical (unpaired) electrons. The highest BCUT2D eigenvalue weighted by atomic mass is 32.1.